The van der Waals surface area contributed by atoms with E-state index < -0.39 is 0 Å². The van der Waals surface area contributed by atoms with Crippen molar-refractivity contribution >= 4 is 5.91 Å². The van der Waals surface area contributed by atoms with Gasteiger partial charge in [-0.05, 0) is 32.5 Å². The fraction of sp³-hybridized carbons (Fsp3) is 0.588. The molecule has 1 aliphatic rings. The van der Waals surface area contributed by atoms with Crippen LogP contribution in [0, 0.1) is 5.92 Å². The fourth-order valence-electron chi connectivity index (χ4n) is 2.92. The number of likely N-dealkylation sites (N-methyl/N-ethyl adjacent to an activating group) is 1. The van der Waals surface area contributed by atoms with Gasteiger partial charge in [-0.1, -0.05) is 36.8 Å². The molecule has 4 heteroatoms. The maximum absolute atomic E-state index is 12.8. The number of carbonyl (C=O) groups excluding carboxylic acids is 1. The molecular formula is C17H27N3O. The van der Waals surface area contributed by atoms with Crippen molar-refractivity contribution in [1.29, 1.82) is 0 Å². The van der Waals surface area contributed by atoms with E-state index in [0.717, 1.165) is 32.4 Å². The molecule has 1 aromatic rings. The van der Waals surface area contributed by atoms with E-state index in [2.05, 4.69) is 17.0 Å². The zero-order valence-corrected chi connectivity index (χ0v) is 13.2. The minimum absolute atomic E-state index is 0.0101. The predicted octanol–water partition coefficient (Wildman–Crippen LogP) is 1.70. The highest BCUT2D eigenvalue weighted by Crippen LogP contribution is 2.26. The van der Waals surface area contributed by atoms with Crippen molar-refractivity contribution in [1.82, 2.24) is 9.80 Å². The van der Waals surface area contributed by atoms with Gasteiger partial charge in [-0.2, -0.15) is 0 Å². The number of nitrogens with zero attached hydrogens (tertiary/aromatic N) is 2. The zero-order valence-electron chi connectivity index (χ0n) is 13.2. The highest BCUT2D eigenvalue weighted by Gasteiger charge is 2.33. The molecule has 0 spiro atoms. The average molecular weight is 289 g/mol. The smallest absolute Gasteiger partial charge is 0.227 e. The lowest BCUT2D eigenvalue weighted by Crippen LogP contribution is -2.43. The van der Waals surface area contributed by atoms with Crippen LogP contribution in [0.3, 0.4) is 0 Å². The fourth-order valence-corrected chi connectivity index (χ4v) is 2.92. The second-order valence-electron chi connectivity index (χ2n) is 6.25. The third-order valence-corrected chi connectivity index (χ3v) is 4.23. The summed E-state index contributed by atoms with van der Waals surface area (Å²) < 4.78 is 0. The van der Waals surface area contributed by atoms with Crippen LogP contribution in [-0.4, -0.2) is 48.9 Å². The summed E-state index contributed by atoms with van der Waals surface area (Å²) in [5.74, 6) is 0.238. The Bertz CT molecular complexity index is 447. The first-order chi connectivity index (χ1) is 10.1. The Morgan fingerprint density at radius 2 is 1.90 bits per heavy atom. The minimum atomic E-state index is 0.0101. The number of carbonyl (C=O) groups is 1. The van der Waals surface area contributed by atoms with E-state index in [0.29, 0.717) is 6.54 Å². The summed E-state index contributed by atoms with van der Waals surface area (Å²) in [7, 11) is 4.07. The van der Waals surface area contributed by atoms with Gasteiger partial charge in [0.1, 0.15) is 0 Å². The summed E-state index contributed by atoms with van der Waals surface area (Å²) in [5.41, 5.74) is 7.29. The molecule has 1 aliphatic carbocycles. The quantitative estimate of drug-likeness (QED) is 0.867. The Morgan fingerprint density at radius 1 is 1.19 bits per heavy atom. The number of hydrogen-bond acceptors (Lipinski definition) is 3. The molecule has 0 bridgehead atoms. The molecule has 2 rings (SSSR count). The summed E-state index contributed by atoms with van der Waals surface area (Å²) >= 11 is 0. The van der Waals surface area contributed by atoms with Gasteiger partial charge in [-0.3, -0.25) is 4.79 Å². The molecule has 0 saturated heterocycles. The lowest BCUT2D eigenvalue weighted by atomic mass is 10.0. The van der Waals surface area contributed by atoms with E-state index in [-0.39, 0.29) is 17.9 Å². The second-order valence-corrected chi connectivity index (χ2v) is 6.25. The molecule has 0 aliphatic heterocycles. The molecular weight excluding hydrogens is 262 g/mol. The normalized spacial score (nSPS) is 21.7. The van der Waals surface area contributed by atoms with Gasteiger partial charge >= 0.3 is 0 Å². The molecule has 1 fully saturated rings. The van der Waals surface area contributed by atoms with Crippen LogP contribution < -0.4 is 5.73 Å². The zero-order chi connectivity index (χ0) is 15.2. The third kappa shape index (κ3) is 4.55. The Balaban J connectivity index is 2.05. The molecule has 2 unspecified atom stereocenters. The predicted molar refractivity (Wildman–Crippen MR) is 85.7 cm³/mol. The van der Waals surface area contributed by atoms with E-state index in [1.807, 2.05) is 37.2 Å². The number of rotatable bonds is 6. The van der Waals surface area contributed by atoms with E-state index in [9.17, 15) is 4.79 Å². The van der Waals surface area contributed by atoms with Gasteiger partial charge in [0.25, 0.3) is 0 Å². The minimum Gasteiger partial charge on any atom is -0.337 e. The van der Waals surface area contributed by atoms with Crippen molar-refractivity contribution in [2.24, 2.45) is 11.7 Å². The summed E-state index contributed by atoms with van der Waals surface area (Å²) in [6.45, 7) is 2.31. The first-order valence-electron chi connectivity index (χ1n) is 7.81. The first-order valence-corrected chi connectivity index (χ1v) is 7.81. The maximum Gasteiger partial charge on any atom is 0.227 e. The standard InChI is InChI=1S/C17H27N3O/c1-19(2)11-12-20(13-14-7-4-3-5-8-14)17(21)15-9-6-10-16(15)18/h3-5,7-8,15-16H,6,9-13,18H2,1-2H3. The molecule has 1 saturated carbocycles. The summed E-state index contributed by atoms with van der Waals surface area (Å²) in [6, 6.07) is 10.2. The van der Waals surface area contributed by atoms with Crippen LogP contribution in [0.1, 0.15) is 24.8 Å². The molecule has 2 N–H and O–H groups in total. The Morgan fingerprint density at radius 3 is 2.48 bits per heavy atom. The second kappa shape index (κ2) is 7.57. The van der Waals surface area contributed by atoms with Crippen LogP contribution in [0.25, 0.3) is 0 Å². The van der Waals surface area contributed by atoms with Crippen LogP contribution in [0.5, 0.6) is 0 Å². The van der Waals surface area contributed by atoms with Crippen LogP contribution in [-0.2, 0) is 11.3 Å². The molecule has 1 aromatic carbocycles. The van der Waals surface area contributed by atoms with Gasteiger partial charge in [-0.15, -0.1) is 0 Å². The molecule has 116 valence electrons. The maximum atomic E-state index is 12.8. The van der Waals surface area contributed by atoms with Crippen molar-refractivity contribution in [2.45, 2.75) is 31.8 Å². The lowest BCUT2D eigenvalue weighted by molar-refractivity contribution is -0.136. The molecule has 2 atom stereocenters. The average Bonchev–Trinajstić information content (AvgIpc) is 2.90. The van der Waals surface area contributed by atoms with Crippen molar-refractivity contribution in [2.75, 3.05) is 27.2 Å². The summed E-state index contributed by atoms with van der Waals surface area (Å²) in [4.78, 5) is 16.9. The van der Waals surface area contributed by atoms with Gasteiger partial charge < -0.3 is 15.5 Å². The Labute approximate surface area is 127 Å². The van der Waals surface area contributed by atoms with Gasteiger partial charge in [0.15, 0.2) is 0 Å². The molecule has 1 amide bonds. The van der Waals surface area contributed by atoms with Gasteiger partial charge in [-0.25, -0.2) is 0 Å². The molecule has 21 heavy (non-hydrogen) atoms. The van der Waals surface area contributed by atoms with Gasteiger partial charge in [0, 0.05) is 25.7 Å². The van der Waals surface area contributed by atoms with Gasteiger partial charge in [0.05, 0.1) is 5.92 Å². The topological polar surface area (TPSA) is 49.6 Å². The SMILES string of the molecule is CN(C)CCN(Cc1ccccc1)C(=O)C1CCCC1N. The van der Waals surface area contributed by atoms with E-state index >= 15 is 0 Å². The van der Waals surface area contributed by atoms with Crippen LogP contribution >= 0.6 is 0 Å². The van der Waals surface area contributed by atoms with Crippen LogP contribution in [0.2, 0.25) is 0 Å². The number of amides is 1. The first kappa shape index (κ1) is 16.0. The monoisotopic (exact) mass is 289 g/mol. The number of hydrogen-bond donors (Lipinski definition) is 1. The largest absolute Gasteiger partial charge is 0.337 e. The Hall–Kier alpha value is -1.39. The Kier molecular flexibility index (Phi) is 5.76. The lowest BCUT2D eigenvalue weighted by Gasteiger charge is -2.28. The van der Waals surface area contributed by atoms with Crippen molar-refractivity contribution < 1.29 is 4.79 Å². The van der Waals surface area contributed by atoms with E-state index in [1.165, 1.54) is 5.56 Å². The number of benzene rings is 1. The van der Waals surface area contributed by atoms with Crippen LogP contribution in [0.4, 0.5) is 0 Å². The van der Waals surface area contributed by atoms with Crippen LogP contribution in [0.15, 0.2) is 30.3 Å². The number of nitrogens with two attached hydrogens (primary N) is 1. The summed E-state index contributed by atoms with van der Waals surface area (Å²) in [5, 5.41) is 0. The summed E-state index contributed by atoms with van der Waals surface area (Å²) in [6.07, 6.45) is 2.99. The highest BCUT2D eigenvalue weighted by molar-refractivity contribution is 5.80. The van der Waals surface area contributed by atoms with E-state index in [4.69, 9.17) is 5.73 Å². The molecule has 0 radical (unpaired) electrons. The molecule has 4 nitrogen and oxygen atoms in total. The molecule has 0 heterocycles. The molecule has 0 aromatic heterocycles. The highest BCUT2D eigenvalue weighted by atomic mass is 16.2. The van der Waals surface area contributed by atoms with E-state index in [1.54, 1.807) is 0 Å². The van der Waals surface area contributed by atoms with Crippen molar-refractivity contribution in [3.05, 3.63) is 35.9 Å². The van der Waals surface area contributed by atoms with Crippen molar-refractivity contribution in [3.63, 3.8) is 0 Å². The van der Waals surface area contributed by atoms with Gasteiger partial charge in [0.2, 0.25) is 5.91 Å². The third-order valence-electron chi connectivity index (χ3n) is 4.23. The van der Waals surface area contributed by atoms with Crippen molar-refractivity contribution in [3.8, 4) is 0 Å².